The molecule has 0 aliphatic rings. The summed E-state index contributed by atoms with van der Waals surface area (Å²) in [6.45, 7) is 6.14. The van der Waals surface area contributed by atoms with Crippen LogP contribution in [0.3, 0.4) is 0 Å². The lowest BCUT2D eigenvalue weighted by molar-refractivity contribution is -0.121. The van der Waals surface area contributed by atoms with Crippen LogP contribution in [-0.2, 0) is 10.5 Å². The lowest BCUT2D eigenvalue weighted by Crippen LogP contribution is -2.28. The van der Waals surface area contributed by atoms with Gasteiger partial charge in [0.15, 0.2) is 11.0 Å². The Morgan fingerprint density at radius 3 is 2.47 bits per heavy atom. The van der Waals surface area contributed by atoms with Crippen LogP contribution in [0.25, 0.3) is 5.69 Å². The first-order valence-corrected chi connectivity index (χ1v) is 12.2. The number of halogens is 1. The molecule has 0 aliphatic heterocycles. The van der Waals surface area contributed by atoms with Crippen LogP contribution >= 0.6 is 11.8 Å². The number of hydrogen-bond acceptors (Lipinski definition) is 4. The minimum Gasteiger partial charge on any atom is -0.346 e. The number of nitrogens with one attached hydrogen (secondary N) is 1. The second kappa shape index (κ2) is 11.8. The number of thioether (sulfide) groups is 1. The Bertz CT molecular complexity index is 1000. The van der Waals surface area contributed by atoms with Gasteiger partial charge >= 0.3 is 0 Å². The van der Waals surface area contributed by atoms with Gasteiger partial charge in [0.2, 0.25) is 5.91 Å². The zero-order valence-corrected chi connectivity index (χ0v) is 19.8. The summed E-state index contributed by atoms with van der Waals surface area (Å²) in [6, 6.07) is 14.4. The zero-order chi connectivity index (χ0) is 22.9. The summed E-state index contributed by atoms with van der Waals surface area (Å²) < 4.78 is 15.2. The van der Waals surface area contributed by atoms with Crippen molar-refractivity contribution >= 4 is 17.7 Å². The topological polar surface area (TPSA) is 59.8 Å². The van der Waals surface area contributed by atoms with Crippen molar-refractivity contribution in [2.75, 3.05) is 0 Å². The van der Waals surface area contributed by atoms with E-state index >= 15 is 0 Å². The van der Waals surface area contributed by atoms with Crippen LogP contribution < -0.4 is 5.32 Å². The lowest BCUT2D eigenvalue weighted by Gasteiger charge is -2.16. The van der Waals surface area contributed by atoms with E-state index in [1.165, 1.54) is 23.9 Å². The van der Waals surface area contributed by atoms with Gasteiger partial charge in [0.05, 0.1) is 6.04 Å². The molecule has 1 N–H and O–H groups in total. The van der Waals surface area contributed by atoms with Crippen molar-refractivity contribution in [3.8, 4) is 5.69 Å². The average Bonchev–Trinajstić information content (AvgIpc) is 3.21. The van der Waals surface area contributed by atoms with Gasteiger partial charge in [-0.15, -0.1) is 10.2 Å². The van der Waals surface area contributed by atoms with E-state index in [1.807, 2.05) is 42.7 Å². The van der Waals surface area contributed by atoms with E-state index in [9.17, 15) is 9.18 Å². The highest BCUT2D eigenvalue weighted by Crippen LogP contribution is 2.28. The molecule has 0 bridgehead atoms. The van der Waals surface area contributed by atoms with Crippen molar-refractivity contribution in [3.05, 3.63) is 71.3 Å². The molecular weight excluding hydrogens is 423 g/mol. The number of rotatable bonds is 11. The van der Waals surface area contributed by atoms with E-state index in [-0.39, 0.29) is 17.8 Å². The van der Waals surface area contributed by atoms with Gasteiger partial charge in [0.25, 0.3) is 0 Å². The molecule has 0 saturated heterocycles. The summed E-state index contributed by atoms with van der Waals surface area (Å²) >= 11 is 1.54. The SMILES string of the molecule is CCCCCCC(=O)NC(C)c1nnc(SCc2ccc(F)cc2)n1-c1ccc(C)cc1. The Kier molecular flexibility index (Phi) is 8.85. The molecular formula is C25H31FN4OS. The van der Waals surface area contributed by atoms with E-state index < -0.39 is 0 Å². The third kappa shape index (κ3) is 6.66. The molecule has 3 aromatic rings. The Labute approximate surface area is 193 Å². The molecule has 170 valence electrons. The van der Waals surface area contributed by atoms with Crippen molar-refractivity contribution < 1.29 is 9.18 Å². The van der Waals surface area contributed by atoms with Gasteiger partial charge in [-0.2, -0.15) is 0 Å². The fourth-order valence-electron chi connectivity index (χ4n) is 3.41. The average molecular weight is 455 g/mol. The standard InChI is InChI=1S/C25H31FN4OS/c1-4-5-6-7-8-23(31)27-19(3)24-28-29-25(30(24)22-15-9-18(2)10-16-22)32-17-20-11-13-21(26)14-12-20/h9-16,19H,4-8,17H2,1-3H3,(H,27,31). The van der Waals surface area contributed by atoms with Gasteiger partial charge in [0.1, 0.15) is 5.82 Å². The first-order chi connectivity index (χ1) is 15.5. The molecule has 0 radical (unpaired) electrons. The highest BCUT2D eigenvalue weighted by atomic mass is 32.2. The monoisotopic (exact) mass is 454 g/mol. The number of hydrogen-bond donors (Lipinski definition) is 1. The fourth-order valence-corrected chi connectivity index (χ4v) is 4.33. The molecule has 7 heteroatoms. The number of carbonyl (C=O) groups is 1. The van der Waals surface area contributed by atoms with Crippen molar-refractivity contribution in [3.63, 3.8) is 0 Å². The second-order valence-electron chi connectivity index (χ2n) is 8.03. The van der Waals surface area contributed by atoms with Gasteiger partial charge in [0, 0.05) is 17.9 Å². The van der Waals surface area contributed by atoms with E-state index in [1.54, 1.807) is 12.1 Å². The lowest BCUT2D eigenvalue weighted by atomic mass is 10.1. The van der Waals surface area contributed by atoms with Crippen LogP contribution in [0.1, 0.15) is 68.9 Å². The van der Waals surface area contributed by atoms with Crippen LogP contribution in [0.2, 0.25) is 0 Å². The van der Waals surface area contributed by atoms with Crippen molar-refractivity contribution in [1.82, 2.24) is 20.1 Å². The van der Waals surface area contributed by atoms with Gasteiger partial charge in [-0.3, -0.25) is 9.36 Å². The molecule has 1 aromatic heterocycles. The maximum Gasteiger partial charge on any atom is 0.220 e. The van der Waals surface area contributed by atoms with Gasteiger partial charge in [-0.05, 0) is 50.1 Å². The molecule has 5 nitrogen and oxygen atoms in total. The molecule has 0 saturated carbocycles. The molecule has 1 unspecified atom stereocenters. The van der Waals surface area contributed by atoms with Crippen LogP contribution in [0, 0.1) is 12.7 Å². The Hall–Kier alpha value is -2.67. The molecule has 0 spiro atoms. The molecule has 32 heavy (non-hydrogen) atoms. The third-order valence-corrected chi connectivity index (χ3v) is 6.25. The van der Waals surface area contributed by atoms with E-state index in [0.717, 1.165) is 47.7 Å². The maximum atomic E-state index is 13.2. The smallest absolute Gasteiger partial charge is 0.220 e. The van der Waals surface area contributed by atoms with Crippen LogP contribution in [0.5, 0.6) is 0 Å². The quantitative estimate of drug-likeness (QED) is 0.279. The normalized spacial score (nSPS) is 12.0. The molecule has 1 atom stereocenters. The molecule has 3 rings (SSSR count). The molecule has 0 aliphatic carbocycles. The number of nitrogens with zero attached hydrogens (tertiary/aromatic N) is 3. The van der Waals surface area contributed by atoms with E-state index in [2.05, 4.69) is 22.4 Å². The number of aromatic nitrogens is 3. The predicted octanol–water partition coefficient (Wildman–Crippen LogP) is 6.15. The third-order valence-electron chi connectivity index (χ3n) is 5.25. The minimum absolute atomic E-state index is 0.0348. The summed E-state index contributed by atoms with van der Waals surface area (Å²) in [5.41, 5.74) is 3.11. The Morgan fingerprint density at radius 1 is 1.06 bits per heavy atom. The second-order valence-corrected chi connectivity index (χ2v) is 8.97. The van der Waals surface area contributed by atoms with E-state index in [4.69, 9.17) is 0 Å². The van der Waals surface area contributed by atoms with E-state index in [0.29, 0.717) is 18.0 Å². The molecule has 2 aromatic carbocycles. The van der Waals surface area contributed by atoms with Gasteiger partial charge < -0.3 is 5.32 Å². The molecule has 1 heterocycles. The molecule has 0 fully saturated rings. The maximum absolute atomic E-state index is 13.2. The Morgan fingerprint density at radius 2 is 1.78 bits per heavy atom. The Balaban J connectivity index is 1.78. The summed E-state index contributed by atoms with van der Waals surface area (Å²) in [6.07, 6.45) is 4.79. The number of unbranched alkanes of at least 4 members (excludes halogenated alkanes) is 3. The summed E-state index contributed by atoms with van der Waals surface area (Å²) in [7, 11) is 0. The van der Waals surface area contributed by atoms with Crippen LogP contribution in [-0.4, -0.2) is 20.7 Å². The number of amides is 1. The zero-order valence-electron chi connectivity index (χ0n) is 19.0. The van der Waals surface area contributed by atoms with Crippen molar-refractivity contribution in [2.24, 2.45) is 0 Å². The summed E-state index contributed by atoms with van der Waals surface area (Å²) in [5, 5.41) is 12.6. The first kappa shape index (κ1) is 24.0. The van der Waals surface area contributed by atoms with Gasteiger partial charge in [-0.25, -0.2) is 4.39 Å². The largest absolute Gasteiger partial charge is 0.346 e. The van der Waals surface area contributed by atoms with Crippen LogP contribution in [0.15, 0.2) is 53.7 Å². The predicted molar refractivity (Wildman–Crippen MR) is 127 cm³/mol. The summed E-state index contributed by atoms with van der Waals surface area (Å²) in [4.78, 5) is 12.4. The number of benzene rings is 2. The highest BCUT2D eigenvalue weighted by Gasteiger charge is 2.21. The molecule has 1 amide bonds. The van der Waals surface area contributed by atoms with Crippen molar-refractivity contribution in [2.45, 2.75) is 69.8 Å². The number of carbonyl (C=O) groups excluding carboxylic acids is 1. The fraction of sp³-hybridized carbons (Fsp3) is 0.400. The van der Waals surface area contributed by atoms with Crippen LogP contribution in [0.4, 0.5) is 4.39 Å². The minimum atomic E-state index is -0.275. The first-order valence-electron chi connectivity index (χ1n) is 11.2. The number of aryl methyl sites for hydroxylation is 1. The van der Waals surface area contributed by atoms with Crippen molar-refractivity contribution in [1.29, 1.82) is 0 Å². The summed E-state index contributed by atoms with van der Waals surface area (Å²) in [5.74, 6) is 1.12. The van der Waals surface area contributed by atoms with Gasteiger partial charge in [-0.1, -0.05) is 67.8 Å². The highest BCUT2D eigenvalue weighted by molar-refractivity contribution is 7.98.